The van der Waals surface area contributed by atoms with Gasteiger partial charge in [0.1, 0.15) is 11.4 Å². The van der Waals surface area contributed by atoms with Crippen molar-refractivity contribution >= 4 is 26.7 Å². The summed E-state index contributed by atoms with van der Waals surface area (Å²) in [6.45, 7) is 7.23. The molecule has 1 aromatic carbocycles. The van der Waals surface area contributed by atoms with Crippen LogP contribution in [0.2, 0.25) is 0 Å². The number of pyridine rings is 1. The highest BCUT2D eigenvalue weighted by Gasteiger charge is 2.31. The third-order valence-electron chi connectivity index (χ3n) is 7.68. The first-order valence-corrected chi connectivity index (χ1v) is 13.5. The molecule has 0 bridgehead atoms. The van der Waals surface area contributed by atoms with Crippen molar-refractivity contribution in [3.8, 4) is 0 Å². The molecule has 2 heterocycles. The number of piperidine rings is 1. The van der Waals surface area contributed by atoms with Crippen LogP contribution in [0.15, 0.2) is 40.2 Å². The zero-order valence-corrected chi connectivity index (χ0v) is 20.6. The lowest BCUT2D eigenvalue weighted by atomic mass is 9.78. The number of fused-ring (bicyclic) bond motifs is 1. The van der Waals surface area contributed by atoms with E-state index in [-0.39, 0.29) is 28.9 Å². The number of rotatable bonds is 5. The van der Waals surface area contributed by atoms with Crippen LogP contribution < -0.4 is 10.9 Å². The van der Waals surface area contributed by atoms with Gasteiger partial charge in [0.2, 0.25) is 15.9 Å². The minimum Gasteiger partial charge on any atom is -0.352 e. The van der Waals surface area contributed by atoms with Crippen LogP contribution in [-0.4, -0.2) is 42.3 Å². The fourth-order valence-electron chi connectivity index (χ4n) is 5.19. The molecule has 2 aliphatic rings. The summed E-state index contributed by atoms with van der Waals surface area (Å²) in [6, 6.07) is 6.84. The number of carbonyl (C=O) groups is 1. The summed E-state index contributed by atoms with van der Waals surface area (Å²) >= 11 is 0. The van der Waals surface area contributed by atoms with Crippen LogP contribution in [0.4, 0.5) is 0 Å². The second-order valence-electron chi connectivity index (χ2n) is 10.00. The number of nitrogens with zero attached hydrogens (tertiary/aromatic N) is 2. The Kier molecular flexibility index (Phi) is 6.96. The Morgan fingerprint density at radius 2 is 1.70 bits per heavy atom. The van der Waals surface area contributed by atoms with E-state index in [1.807, 2.05) is 0 Å². The van der Waals surface area contributed by atoms with E-state index in [2.05, 4.69) is 26.1 Å². The third kappa shape index (κ3) is 4.87. The van der Waals surface area contributed by atoms with Crippen molar-refractivity contribution in [2.45, 2.75) is 70.4 Å². The quantitative estimate of drug-likeness (QED) is 0.721. The molecule has 1 aliphatic heterocycles. The lowest BCUT2D eigenvalue weighted by Gasteiger charge is -2.34. The van der Waals surface area contributed by atoms with Gasteiger partial charge in [0.05, 0.1) is 0 Å². The van der Waals surface area contributed by atoms with Gasteiger partial charge in [-0.15, -0.1) is 0 Å². The molecule has 1 N–H and O–H groups in total. The maximum absolute atomic E-state index is 13.6. The van der Waals surface area contributed by atoms with Gasteiger partial charge in [-0.05, 0) is 43.1 Å². The Balaban J connectivity index is 1.66. The summed E-state index contributed by atoms with van der Waals surface area (Å²) in [5.41, 5.74) is -0.350. The molecule has 8 heteroatoms. The normalized spacial score (nSPS) is 25.2. The molecular formula is C25H35N3O4S. The summed E-state index contributed by atoms with van der Waals surface area (Å²) in [6.07, 6.45) is 6.16. The Bertz CT molecular complexity index is 1180. The predicted molar refractivity (Wildman–Crippen MR) is 129 cm³/mol. The van der Waals surface area contributed by atoms with Crippen molar-refractivity contribution in [3.05, 3.63) is 40.8 Å². The number of nitrogens with one attached hydrogen (secondary N) is 1. The molecule has 1 amide bonds. The molecule has 3 atom stereocenters. The van der Waals surface area contributed by atoms with Crippen molar-refractivity contribution in [1.82, 2.24) is 14.2 Å². The van der Waals surface area contributed by atoms with E-state index in [0.717, 1.165) is 32.1 Å². The molecule has 180 valence electrons. The molecule has 1 saturated heterocycles. The van der Waals surface area contributed by atoms with E-state index >= 15 is 0 Å². The fraction of sp³-hybridized carbons (Fsp3) is 0.600. The van der Waals surface area contributed by atoms with Crippen molar-refractivity contribution in [2.75, 3.05) is 13.1 Å². The van der Waals surface area contributed by atoms with Crippen molar-refractivity contribution in [3.63, 3.8) is 0 Å². The zero-order valence-electron chi connectivity index (χ0n) is 19.8. The molecule has 0 radical (unpaired) electrons. The van der Waals surface area contributed by atoms with E-state index in [1.54, 1.807) is 24.3 Å². The first-order valence-electron chi connectivity index (χ1n) is 12.1. The van der Waals surface area contributed by atoms with Gasteiger partial charge in [0, 0.05) is 36.1 Å². The molecule has 0 spiro atoms. The van der Waals surface area contributed by atoms with Crippen molar-refractivity contribution < 1.29 is 13.2 Å². The topological polar surface area (TPSA) is 88.5 Å². The summed E-state index contributed by atoms with van der Waals surface area (Å²) in [5, 5.41) is 3.82. The standard InChI is InChI=1S/C25H35N3O4S/c1-17-11-13-28(14-12-17)33(31,32)23-15-27(25(30)21-9-5-4-8-20(21)23)16-24(29)26-22-10-6-7-18(2)19(22)3/h4-5,8-9,15,17-19,22H,6-7,10-14,16H2,1-3H3,(H,26,29)/t18-,19+,22-/m1/s1. The number of hydrogen-bond donors (Lipinski definition) is 1. The van der Waals surface area contributed by atoms with Gasteiger partial charge >= 0.3 is 0 Å². The number of carbonyl (C=O) groups excluding carboxylic acids is 1. The molecule has 1 aromatic heterocycles. The average Bonchev–Trinajstić information content (AvgIpc) is 2.79. The monoisotopic (exact) mass is 473 g/mol. The lowest BCUT2D eigenvalue weighted by Crippen LogP contribution is -2.45. The van der Waals surface area contributed by atoms with Crippen LogP contribution in [0.5, 0.6) is 0 Å². The molecule has 0 unspecified atom stereocenters. The highest BCUT2D eigenvalue weighted by molar-refractivity contribution is 7.89. The van der Waals surface area contributed by atoms with E-state index in [0.29, 0.717) is 41.6 Å². The highest BCUT2D eigenvalue weighted by Crippen LogP contribution is 2.30. The molecule has 1 aliphatic carbocycles. The van der Waals surface area contributed by atoms with Crippen LogP contribution in [0.25, 0.3) is 10.8 Å². The van der Waals surface area contributed by atoms with Gasteiger partial charge in [-0.25, -0.2) is 8.42 Å². The SMILES string of the molecule is CC1CCN(S(=O)(=O)c2cn(CC(=O)N[C@@H]3CCC[C@@H](C)[C@@H]3C)c(=O)c3ccccc23)CC1. The molecule has 2 aromatic rings. The number of hydrogen-bond acceptors (Lipinski definition) is 4. The summed E-state index contributed by atoms with van der Waals surface area (Å²) in [4.78, 5) is 26.1. The second-order valence-corrected chi connectivity index (χ2v) is 11.9. The van der Waals surface area contributed by atoms with Gasteiger partial charge in [-0.2, -0.15) is 4.31 Å². The largest absolute Gasteiger partial charge is 0.352 e. The van der Waals surface area contributed by atoms with E-state index in [9.17, 15) is 18.0 Å². The molecule has 1 saturated carbocycles. The van der Waals surface area contributed by atoms with Crippen LogP contribution in [0.1, 0.15) is 52.9 Å². The summed E-state index contributed by atoms with van der Waals surface area (Å²) < 4.78 is 29.9. The molecule has 4 rings (SSSR count). The molecule has 7 nitrogen and oxygen atoms in total. The van der Waals surface area contributed by atoms with Crippen LogP contribution in [0.3, 0.4) is 0 Å². The highest BCUT2D eigenvalue weighted by atomic mass is 32.2. The zero-order chi connectivity index (χ0) is 23.8. The minimum absolute atomic E-state index is 0.0796. The van der Waals surface area contributed by atoms with Crippen molar-refractivity contribution in [1.29, 1.82) is 0 Å². The van der Waals surface area contributed by atoms with E-state index < -0.39 is 10.0 Å². The van der Waals surface area contributed by atoms with Crippen molar-refractivity contribution in [2.24, 2.45) is 17.8 Å². The predicted octanol–water partition coefficient (Wildman–Crippen LogP) is 3.36. The Hall–Kier alpha value is -2.19. The van der Waals surface area contributed by atoms with Crippen LogP contribution >= 0.6 is 0 Å². The maximum atomic E-state index is 13.6. The number of amides is 1. The third-order valence-corrected chi connectivity index (χ3v) is 9.61. The van der Waals surface area contributed by atoms with E-state index in [4.69, 9.17) is 0 Å². The van der Waals surface area contributed by atoms with Gasteiger partial charge in [-0.1, -0.05) is 51.8 Å². The number of benzene rings is 1. The second kappa shape index (κ2) is 9.58. The fourth-order valence-corrected chi connectivity index (χ4v) is 6.88. The Morgan fingerprint density at radius 3 is 2.39 bits per heavy atom. The van der Waals surface area contributed by atoms with Gasteiger partial charge in [0.15, 0.2) is 0 Å². The van der Waals surface area contributed by atoms with Crippen LogP contribution in [-0.2, 0) is 21.4 Å². The van der Waals surface area contributed by atoms with Crippen LogP contribution in [0, 0.1) is 17.8 Å². The Labute approximate surface area is 196 Å². The first-order chi connectivity index (χ1) is 15.7. The average molecular weight is 474 g/mol. The Morgan fingerprint density at radius 1 is 1.03 bits per heavy atom. The first kappa shape index (κ1) is 24.0. The maximum Gasteiger partial charge on any atom is 0.258 e. The molecule has 33 heavy (non-hydrogen) atoms. The number of aromatic nitrogens is 1. The smallest absolute Gasteiger partial charge is 0.258 e. The van der Waals surface area contributed by atoms with E-state index in [1.165, 1.54) is 15.1 Å². The summed E-state index contributed by atoms with van der Waals surface area (Å²) in [5.74, 6) is 1.15. The molecular weight excluding hydrogens is 438 g/mol. The minimum atomic E-state index is -3.79. The summed E-state index contributed by atoms with van der Waals surface area (Å²) in [7, 11) is -3.79. The lowest BCUT2D eigenvalue weighted by molar-refractivity contribution is -0.123. The van der Waals surface area contributed by atoms with Gasteiger partial charge in [-0.3, -0.25) is 9.59 Å². The van der Waals surface area contributed by atoms with Gasteiger partial charge < -0.3 is 9.88 Å². The molecule has 2 fully saturated rings. The van der Waals surface area contributed by atoms with Gasteiger partial charge in [0.25, 0.3) is 5.56 Å². The number of sulfonamides is 1.